The molecule has 3 rings (SSSR count). The quantitative estimate of drug-likeness (QED) is 0.791. The van der Waals surface area contributed by atoms with Crippen LogP contribution in [0.25, 0.3) is 0 Å². The van der Waals surface area contributed by atoms with Gasteiger partial charge in [0.25, 0.3) is 0 Å². The van der Waals surface area contributed by atoms with Gasteiger partial charge in [-0.3, -0.25) is 4.79 Å². The van der Waals surface area contributed by atoms with Crippen LogP contribution in [-0.4, -0.2) is 34.7 Å². The number of carbonyl (C=O) groups excluding carboxylic acids is 1. The molecule has 4 nitrogen and oxygen atoms in total. The van der Waals surface area contributed by atoms with E-state index < -0.39 is 23.5 Å². The van der Waals surface area contributed by atoms with E-state index in [1.165, 1.54) is 6.07 Å². The average molecular weight is 338 g/mol. The van der Waals surface area contributed by atoms with Gasteiger partial charge in [0.05, 0.1) is 5.56 Å². The predicted molar refractivity (Wildman–Crippen MR) is 79.2 cm³/mol. The summed E-state index contributed by atoms with van der Waals surface area (Å²) < 4.78 is 38.6. The molecule has 1 aliphatic carbocycles. The minimum Gasteiger partial charge on any atom is -0.507 e. The third kappa shape index (κ3) is 2.24. The summed E-state index contributed by atoms with van der Waals surface area (Å²) in [6, 6.07) is 4.40. The zero-order chi connectivity index (χ0) is 17.9. The second kappa shape index (κ2) is 5.13. The lowest BCUT2D eigenvalue weighted by atomic mass is 9.59. The lowest BCUT2D eigenvalue weighted by Crippen LogP contribution is -2.61. The van der Waals surface area contributed by atoms with Crippen LogP contribution in [0.2, 0.25) is 0 Å². The molecular weight excluding hydrogens is 321 g/mol. The molecule has 3 atom stereocenters. The number of nitrogens with zero attached hydrogens (tertiary/aromatic N) is 2. The molecule has 1 heterocycles. The lowest BCUT2D eigenvalue weighted by Gasteiger charge is -2.54. The third-order valence-electron chi connectivity index (χ3n) is 5.74. The summed E-state index contributed by atoms with van der Waals surface area (Å²) in [4.78, 5) is 12.7. The van der Waals surface area contributed by atoms with Crippen LogP contribution in [-0.2, 0) is 16.6 Å². The second-order valence-electron chi connectivity index (χ2n) is 6.86. The summed E-state index contributed by atoms with van der Waals surface area (Å²) in [7, 11) is 0. The van der Waals surface area contributed by atoms with Gasteiger partial charge >= 0.3 is 12.1 Å². The van der Waals surface area contributed by atoms with Gasteiger partial charge in [-0.25, -0.2) is 0 Å². The number of phenols is 1. The molecule has 2 bridgehead atoms. The zero-order valence-corrected chi connectivity index (χ0v) is 13.3. The van der Waals surface area contributed by atoms with Gasteiger partial charge in [0.1, 0.15) is 11.8 Å². The second-order valence-corrected chi connectivity index (χ2v) is 6.86. The molecule has 128 valence electrons. The molecule has 0 radical (unpaired) electrons. The number of rotatable bonds is 0. The van der Waals surface area contributed by atoms with Crippen LogP contribution in [0.1, 0.15) is 37.0 Å². The van der Waals surface area contributed by atoms with E-state index >= 15 is 0 Å². The zero-order valence-electron chi connectivity index (χ0n) is 13.3. The number of phenolic OH excluding ortho intramolecular Hbond substituents is 1. The Balaban J connectivity index is 2.08. The van der Waals surface area contributed by atoms with Gasteiger partial charge < -0.3 is 10.0 Å². The summed E-state index contributed by atoms with van der Waals surface area (Å²) in [6.45, 7) is 3.83. The number of nitriles is 1. The number of likely N-dealkylation sites (tertiary alicyclic amines) is 1. The van der Waals surface area contributed by atoms with Crippen molar-refractivity contribution in [3.8, 4) is 11.8 Å². The van der Waals surface area contributed by atoms with Crippen molar-refractivity contribution in [3.05, 3.63) is 28.8 Å². The molecule has 1 saturated heterocycles. The van der Waals surface area contributed by atoms with Crippen LogP contribution < -0.4 is 0 Å². The van der Waals surface area contributed by atoms with Gasteiger partial charge in [-0.1, -0.05) is 13.8 Å². The normalized spacial score (nSPS) is 28.9. The SMILES string of the molecule is CC1[C@H]2Cc3cc(C#N)c(O)cc3C1(C)CCN2C(=O)C(F)(F)F. The van der Waals surface area contributed by atoms with Crippen LogP contribution in [0.15, 0.2) is 12.1 Å². The fraction of sp³-hybridized carbons (Fsp3) is 0.529. The smallest absolute Gasteiger partial charge is 0.471 e. The van der Waals surface area contributed by atoms with Crippen molar-refractivity contribution in [1.29, 1.82) is 5.26 Å². The fourth-order valence-electron chi connectivity index (χ4n) is 4.17. The van der Waals surface area contributed by atoms with E-state index in [2.05, 4.69) is 0 Å². The Morgan fingerprint density at radius 3 is 2.71 bits per heavy atom. The van der Waals surface area contributed by atoms with Gasteiger partial charge in [-0.05, 0) is 47.4 Å². The number of fused-ring (bicyclic) bond motifs is 4. The Kier molecular flexibility index (Phi) is 3.55. The molecule has 1 fully saturated rings. The molecule has 0 spiro atoms. The Labute approximate surface area is 137 Å². The highest BCUT2D eigenvalue weighted by atomic mass is 19.4. The first-order valence-corrected chi connectivity index (χ1v) is 7.74. The summed E-state index contributed by atoms with van der Waals surface area (Å²) in [6.07, 6.45) is -4.26. The van der Waals surface area contributed by atoms with Gasteiger partial charge in [0.2, 0.25) is 0 Å². The maximum absolute atomic E-state index is 12.9. The van der Waals surface area contributed by atoms with Gasteiger partial charge in [-0.2, -0.15) is 18.4 Å². The Hall–Kier alpha value is -2.23. The molecular formula is C17H17F3N2O2. The van der Waals surface area contributed by atoms with Crippen LogP contribution in [0, 0.1) is 17.2 Å². The Bertz CT molecular complexity index is 753. The van der Waals surface area contributed by atoms with E-state index in [1.807, 2.05) is 19.9 Å². The van der Waals surface area contributed by atoms with E-state index in [0.717, 1.165) is 16.0 Å². The number of benzene rings is 1. The van der Waals surface area contributed by atoms with Crippen molar-refractivity contribution < 1.29 is 23.1 Å². The van der Waals surface area contributed by atoms with Gasteiger partial charge in [0, 0.05) is 12.6 Å². The molecule has 1 aliphatic heterocycles. The standard InChI is InChI=1S/C17H17F3N2O2/c1-9-13-6-10-5-11(8-21)14(23)7-12(10)16(9,2)3-4-22(13)15(24)17(18,19)20/h5,7,9,13,23H,3-4,6H2,1-2H3/t9?,13-,16?/m1/s1. The number of amides is 1. The number of aromatic hydroxyl groups is 1. The summed E-state index contributed by atoms with van der Waals surface area (Å²) in [5.41, 5.74) is 1.25. The van der Waals surface area contributed by atoms with Gasteiger partial charge in [-0.15, -0.1) is 0 Å². The van der Waals surface area contributed by atoms with Crippen molar-refractivity contribution in [2.45, 2.75) is 44.3 Å². The van der Waals surface area contributed by atoms with Crippen molar-refractivity contribution in [2.24, 2.45) is 5.92 Å². The molecule has 1 N–H and O–H groups in total. The maximum Gasteiger partial charge on any atom is 0.471 e. The topological polar surface area (TPSA) is 64.3 Å². The number of carbonyl (C=O) groups is 1. The lowest BCUT2D eigenvalue weighted by molar-refractivity contribution is -0.192. The van der Waals surface area contributed by atoms with E-state index in [4.69, 9.17) is 5.26 Å². The van der Waals surface area contributed by atoms with E-state index in [9.17, 15) is 23.1 Å². The Morgan fingerprint density at radius 2 is 2.12 bits per heavy atom. The number of halogens is 3. The molecule has 7 heteroatoms. The molecule has 1 aromatic carbocycles. The Morgan fingerprint density at radius 1 is 1.46 bits per heavy atom. The first-order chi connectivity index (χ1) is 11.1. The molecule has 1 aromatic rings. The number of hydrogen-bond donors (Lipinski definition) is 1. The van der Waals surface area contributed by atoms with Crippen molar-refractivity contribution >= 4 is 5.91 Å². The van der Waals surface area contributed by atoms with Crippen LogP contribution >= 0.6 is 0 Å². The van der Waals surface area contributed by atoms with E-state index in [-0.39, 0.29) is 30.2 Å². The van der Waals surface area contributed by atoms with E-state index in [1.54, 1.807) is 6.07 Å². The maximum atomic E-state index is 12.9. The van der Waals surface area contributed by atoms with Crippen molar-refractivity contribution in [1.82, 2.24) is 4.90 Å². The summed E-state index contributed by atoms with van der Waals surface area (Å²) in [5.74, 6) is -2.10. The van der Waals surface area contributed by atoms with Gasteiger partial charge in [0.15, 0.2) is 0 Å². The molecule has 2 aliphatic rings. The summed E-state index contributed by atoms with van der Waals surface area (Å²) >= 11 is 0. The average Bonchev–Trinajstić information content (AvgIpc) is 2.50. The minimum atomic E-state index is -4.89. The predicted octanol–water partition coefficient (Wildman–Crippen LogP) is 2.88. The molecule has 0 aromatic heterocycles. The van der Waals surface area contributed by atoms with Crippen LogP contribution in [0.5, 0.6) is 5.75 Å². The molecule has 2 unspecified atom stereocenters. The van der Waals surface area contributed by atoms with E-state index in [0.29, 0.717) is 6.42 Å². The van der Waals surface area contributed by atoms with Crippen LogP contribution in [0.4, 0.5) is 13.2 Å². The molecule has 24 heavy (non-hydrogen) atoms. The first kappa shape index (κ1) is 16.6. The highest BCUT2D eigenvalue weighted by Crippen LogP contribution is 2.50. The number of alkyl halides is 3. The highest BCUT2D eigenvalue weighted by Gasteiger charge is 2.54. The fourth-order valence-corrected chi connectivity index (χ4v) is 4.17. The van der Waals surface area contributed by atoms with Crippen LogP contribution in [0.3, 0.4) is 0 Å². The molecule has 0 saturated carbocycles. The summed E-state index contributed by atoms with van der Waals surface area (Å²) in [5, 5.41) is 19.0. The first-order valence-electron chi connectivity index (χ1n) is 7.74. The van der Waals surface area contributed by atoms with Crippen molar-refractivity contribution in [2.75, 3.05) is 6.54 Å². The molecule has 1 amide bonds. The number of piperidine rings is 1. The van der Waals surface area contributed by atoms with Crippen molar-refractivity contribution in [3.63, 3.8) is 0 Å². The monoisotopic (exact) mass is 338 g/mol. The number of hydrogen-bond acceptors (Lipinski definition) is 3. The minimum absolute atomic E-state index is 0.0318. The highest BCUT2D eigenvalue weighted by molar-refractivity contribution is 5.82. The third-order valence-corrected chi connectivity index (χ3v) is 5.74. The largest absolute Gasteiger partial charge is 0.507 e.